The number of aryl methyl sites for hydroxylation is 1. The van der Waals surface area contributed by atoms with Crippen LogP contribution in [0.3, 0.4) is 0 Å². The lowest BCUT2D eigenvalue weighted by molar-refractivity contribution is -0.149. The lowest BCUT2D eigenvalue weighted by atomic mass is 10.0. The summed E-state index contributed by atoms with van der Waals surface area (Å²) >= 11 is 0. The number of hydrogen-bond acceptors (Lipinski definition) is 1. The topological polar surface area (TPSA) is 30.9 Å². The van der Waals surface area contributed by atoms with E-state index in [2.05, 4.69) is 4.57 Å². The van der Waals surface area contributed by atoms with Crippen LogP contribution in [0.4, 0.5) is 13.2 Å². The molecule has 0 saturated heterocycles. The van der Waals surface area contributed by atoms with E-state index in [4.69, 9.17) is 5.73 Å². The van der Waals surface area contributed by atoms with Crippen LogP contribution in [-0.4, -0.2) is 10.7 Å². The molecule has 0 fully saturated rings. The molecule has 5 heteroatoms. The number of hydrogen-bond donors (Lipinski definition) is 1. The van der Waals surface area contributed by atoms with Crippen LogP contribution in [0.5, 0.6) is 0 Å². The Morgan fingerprint density at radius 2 is 1.71 bits per heavy atom. The quantitative estimate of drug-likeness (QED) is 0.746. The summed E-state index contributed by atoms with van der Waals surface area (Å²) in [5, 5.41) is 1.76. The standard InChI is InChI=1S/C16H15F3N2/c1-2-21-13-6-4-3-5-11(13)12-9-10(7-8-14(12)21)15(20)16(17,18)19/h3-9,15H,2,20H2,1H3/t15-/m0/s1. The maximum absolute atomic E-state index is 12.8. The molecule has 1 atom stereocenters. The van der Waals surface area contributed by atoms with Gasteiger partial charge in [0.1, 0.15) is 6.04 Å². The van der Waals surface area contributed by atoms with Crippen LogP contribution >= 0.6 is 0 Å². The third-order valence-electron chi connectivity index (χ3n) is 3.82. The van der Waals surface area contributed by atoms with Gasteiger partial charge in [-0.15, -0.1) is 0 Å². The summed E-state index contributed by atoms with van der Waals surface area (Å²) in [4.78, 5) is 0. The van der Waals surface area contributed by atoms with Crippen LogP contribution in [0, 0.1) is 0 Å². The van der Waals surface area contributed by atoms with Crippen LogP contribution in [-0.2, 0) is 6.54 Å². The lowest BCUT2D eigenvalue weighted by Crippen LogP contribution is -2.28. The summed E-state index contributed by atoms with van der Waals surface area (Å²) in [6.45, 7) is 2.77. The number of aromatic nitrogens is 1. The third kappa shape index (κ3) is 2.17. The molecule has 0 saturated carbocycles. The zero-order chi connectivity index (χ0) is 15.2. The van der Waals surface area contributed by atoms with Crippen molar-refractivity contribution in [2.75, 3.05) is 0 Å². The summed E-state index contributed by atoms with van der Waals surface area (Å²) in [5.41, 5.74) is 7.35. The number of rotatable bonds is 2. The second-order valence-electron chi connectivity index (χ2n) is 5.06. The van der Waals surface area contributed by atoms with E-state index in [0.29, 0.717) is 0 Å². The van der Waals surface area contributed by atoms with E-state index in [0.717, 1.165) is 28.4 Å². The molecule has 1 aromatic heterocycles. The molecule has 110 valence electrons. The highest BCUT2D eigenvalue weighted by molar-refractivity contribution is 6.08. The van der Waals surface area contributed by atoms with Crippen LogP contribution in [0.2, 0.25) is 0 Å². The predicted molar refractivity (Wildman–Crippen MR) is 78.1 cm³/mol. The van der Waals surface area contributed by atoms with Gasteiger partial charge in [-0.25, -0.2) is 0 Å². The molecular weight excluding hydrogens is 277 g/mol. The van der Waals surface area contributed by atoms with Crippen molar-refractivity contribution in [2.45, 2.75) is 25.7 Å². The largest absolute Gasteiger partial charge is 0.407 e. The van der Waals surface area contributed by atoms with Gasteiger partial charge < -0.3 is 10.3 Å². The number of halogens is 3. The Labute approximate surface area is 120 Å². The smallest absolute Gasteiger partial charge is 0.341 e. The summed E-state index contributed by atoms with van der Waals surface area (Å²) in [6.07, 6.45) is -4.43. The number of para-hydroxylation sites is 1. The summed E-state index contributed by atoms with van der Waals surface area (Å²) in [7, 11) is 0. The van der Waals surface area contributed by atoms with Gasteiger partial charge >= 0.3 is 6.18 Å². The van der Waals surface area contributed by atoms with E-state index >= 15 is 0 Å². The van der Waals surface area contributed by atoms with Gasteiger partial charge in [0, 0.05) is 28.4 Å². The first-order valence-electron chi connectivity index (χ1n) is 6.76. The molecule has 0 radical (unpaired) electrons. The molecule has 2 N–H and O–H groups in total. The molecule has 21 heavy (non-hydrogen) atoms. The minimum absolute atomic E-state index is 0.0917. The van der Waals surface area contributed by atoms with Crippen molar-refractivity contribution in [3.8, 4) is 0 Å². The Hall–Kier alpha value is -2.01. The van der Waals surface area contributed by atoms with Gasteiger partial charge in [-0.1, -0.05) is 24.3 Å². The first kappa shape index (κ1) is 13.9. The van der Waals surface area contributed by atoms with E-state index in [-0.39, 0.29) is 5.56 Å². The van der Waals surface area contributed by atoms with Crippen molar-refractivity contribution in [1.82, 2.24) is 4.57 Å². The van der Waals surface area contributed by atoms with Crippen molar-refractivity contribution in [3.05, 3.63) is 48.0 Å². The molecule has 3 rings (SSSR count). The van der Waals surface area contributed by atoms with Gasteiger partial charge in [0.05, 0.1) is 0 Å². The summed E-state index contributed by atoms with van der Waals surface area (Å²) < 4.78 is 40.5. The maximum Gasteiger partial charge on any atom is 0.407 e. The molecule has 0 spiro atoms. The molecule has 0 unspecified atom stereocenters. The Kier molecular flexibility index (Phi) is 3.17. The van der Waals surface area contributed by atoms with Crippen LogP contribution in [0.15, 0.2) is 42.5 Å². The van der Waals surface area contributed by atoms with Crippen LogP contribution in [0.25, 0.3) is 21.8 Å². The number of nitrogens with two attached hydrogens (primary N) is 1. The minimum atomic E-state index is -4.43. The maximum atomic E-state index is 12.8. The Balaban J connectivity index is 2.29. The van der Waals surface area contributed by atoms with E-state index in [1.807, 2.05) is 31.2 Å². The van der Waals surface area contributed by atoms with Crippen molar-refractivity contribution in [2.24, 2.45) is 5.73 Å². The van der Waals surface area contributed by atoms with Gasteiger partial charge in [0.15, 0.2) is 0 Å². The van der Waals surface area contributed by atoms with Crippen molar-refractivity contribution in [1.29, 1.82) is 0 Å². The van der Waals surface area contributed by atoms with E-state index in [1.54, 1.807) is 12.1 Å². The predicted octanol–water partition coefficient (Wildman–Crippen LogP) is 4.38. The zero-order valence-electron chi connectivity index (χ0n) is 11.5. The van der Waals surface area contributed by atoms with Crippen LogP contribution in [0.1, 0.15) is 18.5 Å². The molecule has 0 aliphatic carbocycles. The number of benzene rings is 2. The molecule has 2 aromatic carbocycles. The number of alkyl halides is 3. The first-order chi connectivity index (χ1) is 9.93. The monoisotopic (exact) mass is 292 g/mol. The zero-order valence-corrected chi connectivity index (χ0v) is 11.5. The fourth-order valence-corrected chi connectivity index (χ4v) is 2.79. The van der Waals surface area contributed by atoms with Crippen molar-refractivity contribution in [3.63, 3.8) is 0 Å². The normalized spacial score (nSPS) is 14.0. The SMILES string of the molecule is CCn1c2ccccc2c2cc([C@H](N)C(F)(F)F)ccc21. The average molecular weight is 292 g/mol. The highest BCUT2D eigenvalue weighted by Crippen LogP contribution is 2.35. The third-order valence-corrected chi connectivity index (χ3v) is 3.82. The van der Waals surface area contributed by atoms with Gasteiger partial charge in [-0.2, -0.15) is 13.2 Å². The summed E-state index contributed by atoms with van der Waals surface area (Å²) in [6, 6.07) is 10.5. The molecular formula is C16H15F3N2. The number of nitrogens with zero attached hydrogens (tertiary/aromatic N) is 1. The van der Waals surface area contributed by atoms with Gasteiger partial charge in [0.25, 0.3) is 0 Å². The lowest BCUT2D eigenvalue weighted by Gasteiger charge is -2.16. The highest BCUT2D eigenvalue weighted by atomic mass is 19.4. The van der Waals surface area contributed by atoms with Crippen molar-refractivity contribution < 1.29 is 13.2 Å². The fourth-order valence-electron chi connectivity index (χ4n) is 2.79. The first-order valence-corrected chi connectivity index (χ1v) is 6.76. The molecule has 0 aliphatic rings. The van der Waals surface area contributed by atoms with E-state index in [1.165, 1.54) is 6.07 Å². The summed E-state index contributed by atoms with van der Waals surface area (Å²) in [5.74, 6) is 0. The van der Waals surface area contributed by atoms with Crippen molar-refractivity contribution >= 4 is 21.8 Å². The number of fused-ring (bicyclic) bond motifs is 3. The minimum Gasteiger partial charge on any atom is -0.341 e. The van der Waals surface area contributed by atoms with Gasteiger partial charge in [-0.3, -0.25) is 0 Å². The molecule has 1 heterocycles. The Bertz CT molecular complexity index is 802. The fraction of sp³-hybridized carbons (Fsp3) is 0.250. The Morgan fingerprint density at radius 1 is 1.05 bits per heavy atom. The van der Waals surface area contributed by atoms with E-state index < -0.39 is 12.2 Å². The van der Waals surface area contributed by atoms with E-state index in [9.17, 15) is 13.2 Å². The molecule has 0 bridgehead atoms. The second-order valence-corrected chi connectivity index (χ2v) is 5.06. The average Bonchev–Trinajstić information content (AvgIpc) is 2.78. The Morgan fingerprint density at radius 3 is 2.38 bits per heavy atom. The molecule has 0 amide bonds. The van der Waals surface area contributed by atoms with Gasteiger partial charge in [-0.05, 0) is 30.7 Å². The molecule has 3 aromatic rings. The van der Waals surface area contributed by atoms with Gasteiger partial charge in [0.2, 0.25) is 0 Å². The second kappa shape index (κ2) is 4.77. The highest BCUT2D eigenvalue weighted by Gasteiger charge is 2.37. The molecule has 0 aliphatic heterocycles. The molecule has 2 nitrogen and oxygen atoms in total. The van der Waals surface area contributed by atoms with Crippen LogP contribution < -0.4 is 5.73 Å².